The number of nitrogens with one attached hydrogen (secondary N) is 1. The summed E-state index contributed by atoms with van der Waals surface area (Å²) in [6.45, 7) is 1.61. The second kappa shape index (κ2) is 8.01. The molecule has 4 nitrogen and oxygen atoms in total. The van der Waals surface area contributed by atoms with E-state index in [2.05, 4.69) is 21.2 Å². The SMILES string of the molecule is COc1cc(CNCC2CCCCC2O)cc(Br)c1OC. The third kappa shape index (κ3) is 4.34. The summed E-state index contributed by atoms with van der Waals surface area (Å²) in [6.07, 6.45) is 4.28. The van der Waals surface area contributed by atoms with Crippen LogP contribution >= 0.6 is 15.9 Å². The summed E-state index contributed by atoms with van der Waals surface area (Å²) in [5, 5.41) is 13.4. The quantitative estimate of drug-likeness (QED) is 0.821. The van der Waals surface area contributed by atoms with Gasteiger partial charge in [0.25, 0.3) is 0 Å². The molecule has 0 saturated heterocycles. The first-order chi connectivity index (χ1) is 10.2. The van der Waals surface area contributed by atoms with Gasteiger partial charge in [0.05, 0.1) is 24.8 Å². The van der Waals surface area contributed by atoms with Crippen molar-refractivity contribution >= 4 is 15.9 Å². The topological polar surface area (TPSA) is 50.7 Å². The van der Waals surface area contributed by atoms with Crippen LogP contribution in [-0.4, -0.2) is 32.0 Å². The molecule has 0 bridgehead atoms. The molecule has 1 aromatic rings. The summed E-state index contributed by atoms with van der Waals surface area (Å²) < 4.78 is 11.5. The van der Waals surface area contributed by atoms with Crippen LogP contribution in [0, 0.1) is 5.92 Å². The van der Waals surface area contributed by atoms with Gasteiger partial charge in [0.15, 0.2) is 11.5 Å². The Morgan fingerprint density at radius 2 is 2.00 bits per heavy atom. The molecular weight excluding hydrogens is 334 g/mol. The highest BCUT2D eigenvalue weighted by Crippen LogP contribution is 2.36. The lowest BCUT2D eigenvalue weighted by Crippen LogP contribution is -2.33. The summed E-state index contributed by atoms with van der Waals surface area (Å²) in [6, 6.07) is 4.01. The normalized spacial score (nSPS) is 22.1. The number of hydrogen-bond acceptors (Lipinski definition) is 4. The Bertz CT molecular complexity index is 467. The Morgan fingerprint density at radius 1 is 1.24 bits per heavy atom. The minimum atomic E-state index is -0.150. The number of aliphatic hydroxyl groups excluding tert-OH is 1. The number of methoxy groups -OCH3 is 2. The van der Waals surface area contributed by atoms with E-state index in [0.717, 1.165) is 48.1 Å². The van der Waals surface area contributed by atoms with E-state index in [9.17, 15) is 5.11 Å². The van der Waals surface area contributed by atoms with Gasteiger partial charge in [-0.2, -0.15) is 0 Å². The molecule has 1 saturated carbocycles. The maximum atomic E-state index is 9.98. The Morgan fingerprint density at radius 3 is 2.67 bits per heavy atom. The van der Waals surface area contributed by atoms with E-state index in [1.54, 1.807) is 14.2 Å². The first kappa shape index (κ1) is 16.6. The highest BCUT2D eigenvalue weighted by molar-refractivity contribution is 9.10. The van der Waals surface area contributed by atoms with Crippen molar-refractivity contribution in [2.45, 2.75) is 38.3 Å². The average Bonchev–Trinajstić information content (AvgIpc) is 2.48. The van der Waals surface area contributed by atoms with E-state index >= 15 is 0 Å². The molecule has 1 aromatic carbocycles. The van der Waals surface area contributed by atoms with Crippen LogP contribution in [0.5, 0.6) is 11.5 Å². The second-order valence-electron chi connectivity index (χ2n) is 5.56. The van der Waals surface area contributed by atoms with Gasteiger partial charge in [0.2, 0.25) is 0 Å². The molecule has 5 heteroatoms. The Hall–Kier alpha value is -0.780. The molecule has 118 valence electrons. The molecule has 0 aliphatic heterocycles. The molecule has 0 amide bonds. The van der Waals surface area contributed by atoms with Crippen LogP contribution in [0.2, 0.25) is 0 Å². The van der Waals surface area contributed by atoms with Gasteiger partial charge in [-0.3, -0.25) is 0 Å². The van der Waals surface area contributed by atoms with E-state index in [0.29, 0.717) is 11.7 Å². The summed E-state index contributed by atoms with van der Waals surface area (Å²) in [5.74, 6) is 1.81. The molecule has 2 atom stereocenters. The highest BCUT2D eigenvalue weighted by Gasteiger charge is 2.22. The third-order valence-corrected chi connectivity index (χ3v) is 4.69. The van der Waals surface area contributed by atoms with Crippen molar-refractivity contribution < 1.29 is 14.6 Å². The van der Waals surface area contributed by atoms with Gasteiger partial charge in [-0.15, -0.1) is 0 Å². The van der Waals surface area contributed by atoms with E-state index in [-0.39, 0.29) is 6.10 Å². The van der Waals surface area contributed by atoms with Gasteiger partial charge in [0, 0.05) is 13.1 Å². The number of ether oxygens (including phenoxy) is 2. The molecule has 1 fully saturated rings. The molecule has 0 radical (unpaired) electrons. The average molecular weight is 358 g/mol. The van der Waals surface area contributed by atoms with Gasteiger partial charge >= 0.3 is 0 Å². The minimum absolute atomic E-state index is 0.150. The fourth-order valence-corrected chi connectivity index (χ4v) is 3.55. The Balaban J connectivity index is 1.92. The van der Waals surface area contributed by atoms with Crippen molar-refractivity contribution in [2.75, 3.05) is 20.8 Å². The Labute approximate surface area is 135 Å². The smallest absolute Gasteiger partial charge is 0.174 e. The van der Waals surface area contributed by atoms with Gasteiger partial charge in [0.1, 0.15) is 0 Å². The first-order valence-corrected chi connectivity index (χ1v) is 8.24. The van der Waals surface area contributed by atoms with Crippen molar-refractivity contribution in [1.82, 2.24) is 5.32 Å². The van der Waals surface area contributed by atoms with Crippen molar-refractivity contribution in [2.24, 2.45) is 5.92 Å². The maximum absolute atomic E-state index is 9.98. The molecule has 2 rings (SSSR count). The van der Waals surface area contributed by atoms with Crippen LogP contribution in [0.3, 0.4) is 0 Å². The Kier molecular flexibility index (Phi) is 6.33. The molecule has 0 heterocycles. The van der Waals surface area contributed by atoms with E-state index < -0.39 is 0 Å². The zero-order valence-electron chi connectivity index (χ0n) is 12.7. The van der Waals surface area contributed by atoms with E-state index in [1.165, 1.54) is 6.42 Å². The standard InChI is InChI=1S/C16H24BrNO3/c1-20-15-8-11(7-13(17)16(15)21-2)9-18-10-12-5-3-4-6-14(12)19/h7-8,12,14,18-19H,3-6,9-10H2,1-2H3. The van der Waals surface area contributed by atoms with Gasteiger partial charge in [-0.1, -0.05) is 12.8 Å². The fraction of sp³-hybridized carbons (Fsp3) is 0.625. The number of benzene rings is 1. The molecule has 21 heavy (non-hydrogen) atoms. The monoisotopic (exact) mass is 357 g/mol. The number of rotatable bonds is 6. The molecule has 1 aliphatic carbocycles. The number of aliphatic hydroxyl groups is 1. The zero-order chi connectivity index (χ0) is 15.2. The second-order valence-corrected chi connectivity index (χ2v) is 6.41. The van der Waals surface area contributed by atoms with Crippen LogP contribution in [0.25, 0.3) is 0 Å². The van der Waals surface area contributed by atoms with Gasteiger partial charge < -0.3 is 19.9 Å². The molecule has 2 unspecified atom stereocenters. The lowest BCUT2D eigenvalue weighted by Gasteiger charge is -2.27. The summed E-state index contributed by atoms with van der Waals surface area (Å²) in [4.78, 5) is 0. The van der Waals surface area contributed by atoms with Crippen molar-refractivity contribution in [3.05, 3.63) is 22.2 Å². The molecule has 1 aliphatic rings. The van der Waals surface area contributed by atoms with E-state index in [1.807, 2.05) is 12.1 Å². The lowest BCUT2D eigenvalue weighted by atomic mass is 9.86. The summed E-state index contributed by atoms with van der Waals surface area (Å²) in [7, 11) is 3.27. The predicted octanol–water partition coefficient (Wildman–Crippen LogP) is 3.11. The summed E-state index contributed by atoms with van der Waals surface area (Å²) >= 11 is 3.50. The fourth-order valence-electron chi connectivity index (χ4n) is 2.90. The van der Waals surface area contributed by atoms with Crippen molar-refractivity contribution in [3.63, 3.8) is 0 Å². The summed E-state index contributed by atoms with van der Waals surface area (Å²) in [5.41, 5.74) is 1.13. The van der Waals surface area contributed by atoms with Gasteiger partial charge in [-0.25, -0.2) is 0 Å². The maximum Gasteiger partial charge on any atom is 0.174 e. The number of hydrogen-bond donors (Lipinski definition) is 2. The van der Waals surface area contributed by atoms with Crippen molar-refractivity contribution in [3.8, 4) is 11.5 Å². The molecule has 2 N–H and O–H groups in total. The van der Waals surface area contributed by atoms with Crippen LogP contribution in [0.15, 0.2) is 16.6 Å². The van der Waals surface area contributed by atoms with Crippen molar-refractivity contribution in [1.29, 1.82) is 0 Å². The number of halogens is 1. The molecule has 0 spiro atoms. The van der Waals surface area contributed by atoms with Crippen LogP contribution < -0.4 is 14.8 Å². The predicted molar refractivity (Wildman–Crippen MR) is 86.9 cm³/mol. The molecular formula is C16H24BrNO3. The highest BCUT2D eigenvalue weighted by atomic mass is 79.9. The van der Waals surface area contributed by atoms with Crippen LogP contribution in [0.1, 0.15) is 31.2 Å². The van der Waals surface area contributed by atoms with Gasteiger partial charge in [-0.05, 0) is 52.4 Å². The third-order valence-electron chi connectivity index (χ3n) is 4.10. The zero-order valence-corrected chi connectivity index (χ0v) is 14.3. The minimum Gasteiger partial charge on any atom is -0.493 e. The van der Waals surface area contributed by atoms with E-state index in [4.69, 9.17) is 9.47 Å². The first-order valence-electron chi connectivity index (χ1n) is 7.45. The lowest BCUT2D eigenvalue weighted by molar-refractivity contribution is 0.0695. The molecule has 0 aromatic heterocycles. The van der Waals surface area contributed by atoms with Crippen LogP contribution in [-0.2, 0) is 6.54 Å². The largest absolute Gasteiger partial charge is 0.493 e. The van der Waals surface area contributed by atoms with Crippen LogP contribution in [0.4, 0.5) is 0 Å².